The van der Waals surface area contributed by atoms with Crippen molar-refractivity contribution in [1.29, 1.82) is 0 Å². The smallest absolute Gasteiger partial charge is 0.237 e. The predicted molar refractivity (Wildman–Crippen MR) is 123 cm³/mol. The van der Waals surface area contributed by atoms with Crippen LogP contribution in [0, 0.1) is 6.92 Å². The molecule has 0 spiro atoms. The van der Waals surface area contributed by atoms with Gasteiger partial charge < -0.3 is 14.2 Å². The van der Waals surface area contributed by atoms with E-state index in [0.29, 0.717) is 35.7 Å². The summed E-state index contributed by atoms with van der Waals surface area (Å²) in [6.07, 6.45) is 0. The van der Waals surface area contributed by atoms with Crippen molar-refractivity contribution in [3.8, 4) is 17.1 Å². The molecule has 2 aromatic heterocycles. The van der Waals surface area contributed by atoms with Gasteiger partial charge >= 0.3 is 0 Å². The average Bonchev–Trinajstić information content (AvgIpc) is 3.46. The predicted octanol–water partition coefficient (Wildman–Crippen LogP) is 4.41. The summed E-state index contributed by atoms with van der Waals surface area (Å²) in [5, 5.41) is 14.4. The molecule has 5 rings (SSSR count). The molecule has 3 heterocycles. The van der Waals surface area contributed by atoms with Crippen molar-refractivity contribution in [2.24, 2.45) is 0 Å². The topological polar surface area (TPSA) is 82.1 Å². The van der Waals surface area contributed by atoms with E-state index in [-0.39, 0.29) is 0 Å². The highest BCUT2D eigenvalue weighted by Crippen LogP contribution is 2.31. The molecule has 0 unspecified atom stereocenters. The van der Waals surface area contributed by atoms with Gasteiger partial charge in [-0.1, -0.05) is 58.9 Å². The zero-order valence-electron chi connectivity index (χ0n) is 17.4. The van der Waals surface area contributed by atoms with Crippen molar-refractivity contribution < 1.29 is 9.26 Å². The zero-order chi connectivity index (χ0) is 21.9. The Morgan fingerprint density at radius 3 is 2.62 bits per heavy atom. The average molecular weight is 469 g/mol. The van der Waals surface area contributed by atoms with Crippen LogP contribution in [0.1, 0.15) is 11.5 Å². The molecular weight excluding hydrogens is 448 g/mol. The monoisotopic (exact) mass is 468 g/mol. The number of hydrogen-bond acceptors (Lipinski definition) is 8. The summed E-state index contributed by atoms with van der Waals surface area (Å²) in [4.78, 5) is 6.71. The molecule has 1 saturated heterocycles. The van der Waals surface area contributed by atoms with Crippen LogP contribution in [0.3, 0.4) is 0 Å². The fraction of sp³-hybridized carbons (Fsp3) is 0.273. The summed E-state index contributed by atoms with van der Waals surface area (Å²) in [5.74, 6) is 2.25. The third-order valence-electron chi connectivity index (χ3n) is 5.17. The van der Waals surface area contributed by atoms with Crippen LogP contribution in [0.2, 0.25) is 5.02 Å². The Labute approximate surface area is 194 Å². The van der Waals surface area contributed by atoms with Gasteiger partial charge in [0.25, 0.3) is 0 Å². The number of anilines is 1. The quantitative estimate of drug-likeness (QED) is 0.385. The van der Waals surface area contributed by atoms with E-state index in [1.54, 1.807) is 6.07 Å². The molecule has 2 aromatic carbocycles. The van der Waals surface area contributed by atoms with Crippen LogP contribution in [-0.2, 0) is 10.5 Å². The fourth-order valence-electron chi connectivity index (χ4n) is 3.54. The minimum absolute atomic E-state index is 0.463. The molecular formula is C22H21ClN6O2S. The number of rotatable bonds is 6. The molecule has 32 heavy (non-hydrogen) atoms. The summed E-state index contributed by atoms with van der Waals surface area (Å²) in [6.45, 7) is 4.99. The number of halogens is 1. The third kappa shape index (κ3) is 4.23. The highest BCUT2D eigenvalue weighted by atomic mass is 35.5. The second kappa shape index (κ2) is 9.32. The maximum atomic E-state index is 6.26. The van der Waals surface area contributed by atoms with Gasteiger partial charge in [-0.05, 0) is 30.7 Å². The van der Waals surface area contributed by atoms with E-state index in [1.807, 2.05) is 30.3 Å². The Hall–Kier alpha value is -2.88. The van der Waals surface area contributed by atoms with Gasteiger partial charge in [0.15, 0.2) is 5.16 Å². The molecule has 10 heteroatoms. The van der Waals surface area contributed by atoms with Crippen LogP contribution in [0.25, 0.3) is 17.1 Å². The van der Waals surface area contributed by atoms with E-state index in [1.165, 1.54) is 11.8 Å². The van der Waals surface area contributed by atoms with Gasteiger partial charge in [-0.2, -0.15) is 4.98 Å². The standard InChI is InChI=1S/C22H21ClN6O2S/c1-15-6-2-5-9-18(15)29-21(28-10-12-30-13-11-28)25-26-22(29)32-14-19-24-20(27-31-19)16-7-3-4-8-17(16)23/h2-9H,10-14H2,1H3. The van der Waals surface area contributed by atoms with Gasteiger partial charge in [0.05, 0.1) is 29.7 Å². The van der Waals surface area contributed by atoms with Crippen LogP contribution in [-0.4, -0.2) is 51.2 Å². The molecule has 4 aromatic rings. The van der Waals surface area contributed by atoms with Crippen LogP contribution in [0.15, 0.2) is 58.2 Å². The Morgan fingerprint density at radius 1 is 1.03 bits per heavy atom. The summed E-state index contributed by atoms with van der Waals surface area (Å²) in [5.41, 5.74) is 2.93. The molecule has 164 valence electrons. The maximum Gasteiger partial charge on any atom is 0.237 e. The first kappa shape index (κ1) is 21.0. The van der Waals surface area contributed by atoms with Crippen LogP contribution in [0.5, 0.6) is 0 Å². The minimum Gasteiger partial charge on any atom is -0.378 e. The summed E-state index contributed by atoms with van der Waals surface area (Å²) < 4.78 is 13.1. The van der Waals surface area contributed by atoms with Gasteiger partial charge in [0.1, 0.15) is 0 Å². The van der Waals surface area contributed by atoms with E-state index in [2.05, 4.69) is 48.9 Å². The summed E-state index contributed by atoms with van der Waals surface area (Å²) >= 11 is 7.76. The lowest BCUT2D eigenvalue weighted by Gasteiger charge is -2.28. The number of nitrogens with zero attached hydrogens (tertiary/aromatic N) is 6. The SMILES string of the molecule is Cc1ccccc1-n1c(SCc2nc(-c3ccccc3Cl)no2)nnc1N1CCOCC1. The van der Waals surface area contributed by atoms with Crippen LogP contribution < -0.4 is 4.90 Å². The lowest BCUT2D eigenvalue weighted by atomic mass is 10.2. The molecule has 0 radical (unpaired) electrons. The molecule has 0 aliphatic carbocycles. The summed E-state index contributed by atoms with van der Waals surface area (Å²) in [7, 11) is 0. The number of hydrogen-bond donors (Lipinski definition) is 0. The molecule has 0 amide bonds. The molecule has 1 aliphatic heterocycles. The van der Waals surface area contributed by atoms with E-state index < -0.39 is 0 Å². The molecule has 8 nitrogen and oxygen atoms in total. The van der Waals surface area contributed by atoms with Gasteiger partial charge in [0, 0.05) is 18.7 Å². The first-order chi connectivity index (χ1) is 15.7. The molecule has 1 aliphatic rings. The second-order valence-electron chi connectivity index (χ2n) is 7.28. The number of benzene rings is 2. The second-order valence-corrected chi connectivity index (χ2v) is 8.63. The normalized spacial score (nSPS) is 14.1. The number of thioether (sulfide) groups is 1. The van der Waals surface area contributed by atoms with Crippen molar-refractivity contribution in [3.63, 3.8) is 0 Å². The largest absolute Gasteiger partial charge is 0.378 e. The Balaban J connectivity index is 1.42. The van der Waals surface area contributed by atoms with Gasteiger partial charge in [-0.15, -0.1) is 10.2 Å². The fourth-order valence-corrected chi connectivity index (χ4v) is 4.54. The van der Waals surface area contributed by atoms with Crippen molar-refractivity contribution in [2.45, 2.75) is 17.8 Å². The third-order valence-corrected chi connectivity index (χ3v) is 6.42. The minimum atomic E-state index is 0.463. The Bertz CT molecular complexity index is 1220. The van der Waals surface area contributed by atoms with Crippen molar-refractivity contribution >= 4 is 29.3 Å². The molecule has 0 bridgehead atoms. The number of aryl methyl sites for hydroxylation is 1. The maximum absolute atomic E-state index is 6.26. The zero-order valence-corrected chi connectivity index (χ0v) is 19.0. The van der Waals surface area contributed by atoms with Gasteiger partial charge in [-0.25, -0.2) is 0 Å². The Kier molecular flexibility index (Phi) is 6.11. The molecule has 0 saturated carbocycles. The van der Waals surface area contributed by atoms with E-state index in [0.717, 1.165) is 41.0 Å². The van der Waals surface area contributed by atoms with Crippen molar-refractivity contribution in [3.05, 3.63) is 65.0 Å². The first-order valence-electron chi connectivity index (χ1n) is 10.2. The number of para-hydroxylation sites is 1. The van der Waals surface area contributed by atoms with E-state index >= 15 is 0 Å². The number of aromatic nitrogens is 5. The molecule has 0 N–H and O–H groups in total. The lowest BCUT2D eigenvalue weighted by molar-refractivity contribution is 0.122. The molecule has 0 atom stereocenters. The number of ether oxygens (including phenoxy) is 1. The first-order valence-corrected chi connectivity index (χ1v) is 11.6. The van der Waals surface area contributed by atoms with Crippen LogP contribution >= 0.6 is 23.4 Å². The van der Waals surface area contributed by atoms with Gasteiger partial charge in [-0.3, -0.25) is 4.57 Å². The number of morpholine rings is 1. The highest BCUT2D eigenvalue weighted by Gasteiger charge is 2.23. The van der Waals surface area contributed by atoms with Crippen molar-refractivity contribution in [2.75, 3.05) is 31.2 Å². The Morgan fingerprint density at radius 2 is 1.81 bits per heavy atom. The van der Waals surface area contributed by atoms with Crippen molar-refractivity contribution in [1.82, 2.24) is 24.9 Å². The van der Waals surface area contributed by atoms with Gasteiger partial charge in [0.2, 0.25) is 17.7 Å². The molecule has 1 fully saturated rings. The lowest BCUT2D eigenvalue weighted by Crippen LogP contribution is -2.38. The van der Waals surface area contributed by atoms with E-state index in [4.69, 9.17) is 20.9 Å². The van der Waals surface area contributed by atoms with E-state index in [9.17, 15) is 0 Å². The van der Waals surface area contributed by atoms with Crippen LogP contribution in [0.4, 0.5) is 5.95 Å². The summed E-state index contributed by atoms with van der Waals surface area (Å²) in [6, 6.07) is 15.6. The highest BCUT2D eigenvalue weighted by molar-refractivity contribution is 7.98.